The molecule has 1 atom stereocenters. The summed E-state index contributed by atoms with van der Waals surface area (Å²) < 4.78 is 18.6. The van der Waals surface area contributed by atoms with Crippen LogP contribution in [0.25, 0.3) is 0 Å². The molecule has 78 valence electrons. The normalized spacial score (nSPS) is 14.9. The maximum Gasteiger partial charge on any atom is 0.349 e. The van der Waals surface area contributed by atoms with Crippen molar-refractivity contribution in [1.29, 1.82) is 0 Å². The molecule has 2 nitrogen and oxygen atoms in total. The molecule has 0 N–H and O–H groups in total. The Kier molecular flexibility index (Phi) is 3.26. The third kappa shape index (κ3) is 2.12. The lowest BCUT2D eigenvalue weighted by atomic mass is 10.1. The van der Waals surface area contributed by atoms with E-state index in [0.717, 1.165) is 4.88 Å². The van der Waals surface area contributed by atoms with E-state index in [4.69, 9.17) is 0 Å². The Morgan fingerprint density at radius 1 is 1.64 bits per heavy atom. The van der Waals surface area contributed by atoms with Crippen molar-refractivity contribution in [1.82, 2.24) is 0 Å². The van der Waals surface area contributed by atoms with Crippen molar-refractivity contribution in [2.24, 2.45) is 0 Å². The van der Waals surface area contributed by atoms with Gasteiger partial charge in [-0.1, -0.05) is 0 Å². The second-order valence-corrected chi connectivity index (χ2v) is 4.42. The van der Waals surface area contributed by atoms with Gasteiger partial charge in [-0.15, -0.1) is 11.3 Å². The van der Waals surface area contributed by atoms with Crippen LogP contribution >= 0.6 is 11.3 Å². The Hall–Kier alpha value is -0.900. The van der Waals surface area contributed by atoms with Gasteiger partial charge in [-0.05, 0) is 32.9 Å². The number of rotatable bonds is 3. The van der Waals surface area contributed by atoms with Crippen molar-refractivity contribution in [2.75, 3.05) is 6.61 Å². The van der Waals surface area contributed by atoms with E-state index >= 15 is 0 Å². The highest BCUT2D eigenvalue weighted by Crippen LogP contribution is 2.32. The Morgan fingerprint density at radius 3 is 2.71 bits per heavy atom. The summed E-state index contributed by atoms with van der Waals surface area (Å²) in [7, 11) is 0. The molecule has 1 rings (SSSR count). The van der Waals surface area contributed by atoms with Gasteiger partial charge in [0.25, 0.3) is 0 Å². The largest absolute Gasteiger partial charge is 0.463 e. The Bertz CT molecular complexity index is 331. The van der Waals surface area contributed by atoms with Crippen LogP contribution in [0.2, 0.25) is 0 Å². The molecular weight excluding hydrogens is 203 g/mol. The second kappa shape index (κ2) is 4.09. The van der Waals surface area contributed by atoms with Crippen LogP contribution in [-0.2, 0) is 15.2 Å². The average Bonchev–Trinajstić information content (AvgIpc) is 2.52. The number of thiophene rings is 1. The summed E-state index contributed by atoms with van der Waals surface area (Å²) in [6.45, 7) is 4.96. The molecule has 0 aromatic carbocycles. The summed E-state index contributed by atoms with van der Waals surface area (Å²) in [5.74, 6) is -0.818. The summed E-state index contributed by atoms with van der Waals surface area (Å²) in [4.78, 5) is 12.7. The van der Waals surface area contributed by atoms with Crippen LogP contribution in [0, 0.1) is 6.92 Å². The predicted octanol–water partition coefficient (Wildman–Crippen LogP) is 2.80. The molecule has 0 aliphatic heterocycles. The Balaban J connectivity index is 2.89. The Labute approximate surface area is 86.7 Å². The monoisotopic (exact) mass is 216 g/mol. The summed E-state index contributed by atoms with van der Waals surface area (Å²) in [5, 5.41) is 0. The van der Waals surface area contributed by atoms with Crippen molar-refractivity contribution in [3.63, 3.8) is 0 Å². The first-order valence-corrected chi connectivity index (χ1v) is 5.23. The maximum atomic E-state index is 14.0. The van der Waals surface area contributed by atoms with Crippen molar-refractivity contribution in [3.05, 3.63) is 21.9 Å². The molecule has 0 saturated carbocycles. The molecule has 1 aromatic heterocycles. The zero-order valence-electron chi connectivity index (χ0n) is 8.46. The number of aryl methyl sites for hydroxylation is 1. The molecule has 0 spiro atoms. The summed E-state index contributed by atoms with van der Waals surface area (Å²) in [6, 6.07) is 3.41. The van der Waals surface area contributed by atoms with Gasteiger partial charge in [-0.25, -0.2) is 9.18 Å². The summed E-state index contributed by atoms with van der Waals surface area (Å²) in [6.07, 6.45) is 0. The van der Waals surface area contributed by atoms with Gasteiger partial charge in [-0.2, -0.15) is 0 Å². The first-order valence-electron chi connectivity index (χ1n) is 4.41. The number of carbonyl (C=O) groups is 1. The quantitative estimate of drug-likeness (QED) is 0.726. The minimum absolute atomic E-state index is 0.197. The van der Waals surface area contributed by atoms with E-state index in [1.54, 1.807) is 19.1 Å². The highest BCUT2D eigenvalue weighted by Gasteiger charge is 2.38. The lowest BCUT2D eigenvalue weighted by molar-refractivity contribution is -0.156. The van der Waals surface area contributed by atoms with E-state index in [-0.39, 0.29) is 6.61 Å². The molecule has 0 amide bonds. The van der Waals surface area contributed by atoms with Gasteiger partial charge in [-0.3, -0.25) is 0 Å². The molecule has 0 bridgehead atoms. The smallest absolute Gasteiger partial charge is 0.349 e. The molecule has 14 heavy (non-hydrogen) atoms. The third-order valence-electron chi connectivity index (χ3n) is 1.86. The number of hydrogen-bond acceptors (Lipinski definition) is 3. The highest BCUT2D eigenvalue weighted by atomic mass is 32.1. The molecule has 0 fully saturated rings. The van der Waals surface area contributed by atoms with Crippen LogP contribution in [0.15, 0.2) is 12.1 Å². The van der Waals surface area contributed by atoms with E-state index in [1.807, 2.05) is 6.92 Å². The Morgan fingerprint density at radius 2 is 2.29 bits per heavy atom. The van der Waals surface area contributed by atoms with Gasteiger partial charge in [0.1, 0.15) is 0 Å². The maximum absolute atomic E-state index is 14.0. The lowest BCUT2D eigenvalue weighted by Gasteiger charge is -2.16. The molecule has 1 aromatic rings. The predicted molar refractivity (Wildman–Crippen MR) is 54.1 cm³/mol. The minimum atomic E-state index is -2.02. The molecule has 1 unspecified atom stereocenters. The fraction of sp³-hybridized carbons (Fsp3) is 0.500. The van der Waals surface area contributed by atoms with Crippen LogP contribution in [0.5, 0.6) is 0 Å². The topological polar surface area (TPSA) is 26.3 Å². The van der Waals surface area contributed by atoms with Gasteiger partial charge in [0.05, 0.1) is 11.5 Å². The lowest BCUT2D eigenvalue weighted by Crippen LogP contribution is -2.28. The van der Waals surface area contributed by atoms with Gasteiger partial charge >= 0.3 is 5.97 Å². The van der Waals surface area contributed by atoms with E-state index in [1.165, 1.54) is 18.3 Å². The van der Waals surface area contributed by atoms with E-state index in [9.17, 15) is 9.18 Å². The number of halogens is 1. The van der Waals surface area contributed by atoms with E-state index in [0.29, 0.717) is 4.88 Å². The van der Waals surface area contributed by atoms with Crippen molar-refractivity contribution in [3.8, 4) is 0 Å². The highest BCUT2D eigenvalue weighted by molar-refractivity contribution is 7.12. The number of hydrogen-bond donors (Lipinski definition) is 0. The first-order chi connectivity index (χ1) is 6.48. The van der Waals surface area contributed by atoms with Crippen molar-refractivity contribution >= 4 is 17.3 Å². The average molecular weight is 216 g/mol. The van der Waals surface area contributed by atoms with Crippen LogP contribution in [0.1, 0.15) is 23.6 Å². The number of carbonyl (C=O) groups excluding carboxylic acids is 1. The van der Waals surface area contributed by atoms with E-state index < -0.39 is 11.6 Å². The molecule has 0 aliphatic carbocycles. The van der Waals surface area contributed by atoms with Crippen LogP contribution in [0.4, 0.5) is 4.39 Å². The minimum Gasteiger partial charge on any atom is -0.463 e. The van der Waals surface area contributed by atoms with Gasteiger partial charge in [0, 0.05) is 4.88 Å². The van der Waals surface area contributed by atoms with E-state index in [2.05, 4.69) is 4.74 Å². The first kappa shape index (κ1) is 11.2. The number of alkyl halides is 1. The fourth-order valence-electron chi connectivity index (χ4n) is 1.05. The SMILES string of the molecule is CCOC(=O)C(C)(F)c1ccc(C)s1. The number of ether oxygens (including phenoxy) is 1. The molecular formula is C10H13FO2S. The van der Waals surface area contributed by atoms with Crippen LogP contribution < -0.4 is 0 Å². The standard InChI is InChI=1S/C10H13FO2S/c1-4-13-9(12)10(3,11)8-6-5-7(2)14-8/h5-6H,4H2,1-3H3. The molecule has 0 radical (unpaired) electrons. The molecule has 4 heteroatoms. The summed E-state index contributed by atoms with van der Waals surface area (Å²) in [5.41, 5.74) is -2.02. The van der Waals surface area contributed by atoms with Crippen molar-refractivity contribution in [2.45, 2.75) is 26.4 Å². The van der Waals surface area contributed by atoms with Crippen molar-refractivity contribution < 1.29 is 13.9 Å². The van der Waals surface area contributed by atoms with Crippen LogP contribution in [-0.4, -0.2) is 12.6 Å². The zero-order valence-corrected chi connectivity index (χ0v) is 9.28. The second-order valence-electron chi connectivity index (χ2n) is 3.13. The van der Waals surface area contributed by atoms with Gasteiger partial charge in [0.15, 0.2) is 0 Å². The van der Waals surface area contributed by atoms with Gasteiger partial charge in [0.2, 0.25) is 5.67 Å². The molecule has 1 heterocycles. The molecule has 0 aliphatic rings. The summed E-state index contributed by atoms with van der Waals surface area (Å²) >= 11 is 1.27. The zero-order chi connectivity index (χ0) is 10.8. The van der Waals surface area contributed by atoms with Gasteiger partial charge < -0.3 is 4.74 Å². The number of esters is 1. The fourth-order valence-corrected chi connectivity index (χ4v) is 1.95. The third-order valence-corrected chi connectivity index (χ3v) is 3.06. The molecule has 0 saturated heterocycles. The van der Waals surface area contributed by atoms with Crippen LogP contribution in [0.3, 0.4) is 0 Å².